The van der Waals surface area contributed by atoms with Gasteiger partial charge in [0, 0.05) is 18.8 Å². The number of anilines is 2. The molecule has 108 valence electrons. The third kappa shape index (κ3) is 2.68. The van der Waals surface area contributed by atoms with Crippen LogP contribution in [0.5, 0.6) is 5.75 Å². The van der Waals surface area contributed by atoms with Crippen molar-refractivity contribution in [3.05, 3.63) is 18.2 Å². The van der Waals surface area contributed by atoms with Crippen LogP contribution in [0.25, 0.3) is 0 Å². The molecule has 2 amide bonds. The second-order valence-electron chi connectivity index (χ2n) is 5.09. The Morgan fingerprint density at radius 2 is 2.20 bits per heavy atom. The van der Waals surface area contributed by atoms with E-state index in [1.54, 1.807) is 30.1 Å². The van der Waals surface area contributed by atoms with E-state index >= 15 is 0 Å². The summed E-state index contributed by atoms with van der Waals surface area (Å²) in [5, 5.41) is 0. The first-order valence-corrected chi connectivity index (χ1v) is 6.48. The lowest BCUT2D eigenvalue weighted by Crippen LogP contribution is -2.47. The summed E-state index contributed by atoms with van der Waals surface area (Å²) in [5.74, 6) is 0.205. The molecule has 0 radical (unpaired) electrons. The number of likely N-dealkylation sites (N-methyl/N-ethyl adjacent to an activating group) is 1. The Hall–Kier alpha value is -2.24. The first-order chi connectivity index (χ1) is 9.40. The number of rotatable bonds is 3. The van der Waals surface area contributed by atoms with Crippen LogP contribution in [0, 0.1) is 0 Å². The van der Waals surface area contributed by atoms with E-state index in [1.165, 1.54) is 4.90 Å². The highest BCUT2D eigenvalue weighted by atomic mass is 16.5. The summed E-state index contributed by atoms with van der Waals surface area (Å²) in [6.45, 7) is 3.78. The molecule has 0 fully saturated rings. The largest absolute Gasteiger partial charge is 0.482 e. The van der Waals surface area contributed by atoms with Crippen molar-refractivity contribution in [1.29, 1.82) is 0 Å². The molecule has 1 aromatic carbocycles. The molecule has 6 nitrogen and oxygen atoms in total. The van der Waals surface area contributed by atoms with Crippen molar-refractivity contribution >= 4 is 23.2 Å². The molecule has 0 spiro atoms. The Labute approximate surface area is 118 Å². The van der Waals surface area contributed by atoms with Crippen LogP contribution >= 0.6 is 0 Å². The van der Waals surface area contributed by atoms with Crippen LogP contribution in [-0.2, 0) is 9.59 Å². The monoisotopic (exact) mass is 277 g/mol. The third-order valence-electron chi connectivity index (χ3n) is 3.39. The SMILES string of the molecule is CC(C)N(C)C(=O)CN1C(=O)COc2ccc(N)cc21. The molecule has 0 saturated carbocycles. The van der Waals surface area contributed by atoms with Crippen LogP contribution in [-0.4, -0.2) is 43.0 Å². The zero-order valence-electron chi connectivity index (χ0n) is 11.9. The van der Waals surface area contributed by atoms with Crippen LogP contribution in [0.15, 0.2) is 18.2 Å². The maximum absolute atomic E-state index is 12.2. The minimum absolute atomic E-state index is 0.00662. The summed E-state index contributed by atoms with van der Waals surface area (Å²) in [5.41, 5.74) is 6.81. The highest BCUT2D eigenvalue weighted by Gasteiger charge is 2.28. The second-order valence-corrected chi connectivity index (χ2v) is 5.09. The average molecular weight is 277 g/mol. The van der Waals surface area contributed by atoms with E-state index in [2.05, 4.69) is 0 Å². The highest BCUT2D eigenvalue weighted by molar-refractivity contribution is 6.02. The lowest BCUT2D eigenvalue weighted by Gasteiger charge is -2.31. The van der Waals surface area contributed by atoms with Crippen molar-refractivity contribution in [3.8, 4) is 5.75 Å². The summed E-state index contributed by atoms with van der Waals surface area (Å²) >= 11 is 0. The predicted octanol–water partition coefficient (Wildman–Crippen LogP) is 0.861. The van der Waals surface area contributed by atoms with Crippen LogP contribution in [0.4, 0.5) is 11.4 Å². The number of nitrogens with two attached hydrogens (primary N) is 1. The van der Waals surface area contributed by atoms with Gasteiger partial charge in [0.05, 0.1) is 5.69 Å². The maximum atomic E-state index is 12.2. The summed E-state index contributed by atoms with van der Waals surface area (Å²) in [6, 6.07) is 5.14. The van der Waals surface area contributed by atoms with Gasteiger partial charge in [-0.05, 0) is 32.0 Å². The van der Waals surface area contributed by atoms with Crippen molar-refractivity contribution in [2.24, 2.45) is 0 Å². The van der Waals surface area contributed by atoms with Gasteiger partial charge in [0.25, 0.3) is 5.91 Å². The molecule has 2 N–H and O–H groups in total. The quantitative estimate of drug-likeness (QED) is 0.831. The number of amides is 2. The maximum Gasteiger partial charge on any atom is 0.265 e. The first-order valence-electron chi connectivity index (χ1n) is 6.48. The molecule has 20 heavy (non-hydrogen) atoms. The Kier molecular flexibility index (Phi) is 3.83. The van der Waals surface area contributed by atoms with E-state index in [1.807, 2.05) is 13.8 Å². The van der Waals surface area contributed by atoms with E-state index in [-0.39, 0.29) is 31.0 Å². The fourth-order valence-corrected chi connectivity index (χ4v) is 1.93. The molecular weight excluding hydrogens is 258 g/mol. The number of carbonyl (C=O) groups is 2. The molecule has 0 aliphatic carbocycles. The summed E-state index contributed by atoms with van der Waals surface area (Å²) < 4.78 is 5.34. The molecule has 1 aliphatic heterocycles. The number of benzene rings is 1. The number of hydrogen-bond acceptors (Lipinski definition) is 4. The molecule has 0 aromatic heterocycles. The van der Waals surface area contributed by atoms with Gasteiger partial charge in [-0.2, -0.15) is 0 Å². The molecule has 2 rings (SSSR count). The van der Waals surface area contributed by atoms with Gasteiger partial charge in [0.1, 0.15) is 12.3 Å². The van der Waals surface area contributed by atoms with Crippen LogP contribution in [0.3, 0.4) is 0 Å². The van der Waals surface area contributed by atoms with E-state index in [9.17, 15) is 9.59 Å². The van der Waals surface area contributed by atoms with E-state index in [0.29, 0.717) is 17.1 Å². The smallest absolute Gasteiger partial charge is 0.265 e. The molecule has 6 heteroatoms. The summed E-state index contributed by atoms with van der Waals surface area (Å²) in [7, 11) is 1.72. The lowest BCUT2D eigenvalue weighted by atomic mass is 10.2. The lowest BCUT2D eigenvalue weighted by molar-refractivity contribution is -0.132. The zero-order valence-corrected chi connectivity index (χ0v) is 11.9. The van der Waals surface area contributed by atoms with Gasteiger partial charge in [0.15, 0.2) is 6.61 Å². The van der Waals surface area contributed by atoms with Gasteiger partial charge in [0.2, 0.25) is 5.91 Å². The number of nitrogen functional groups attached to an aromatic ring is 1. The van der Waals surface area contributed by atoms with Gasteiger partial charge in [-0.1, -0.05) is 0 Å². The number of nitrogens with zero attached hydrogens (tertiary/aromatic N) is 2. The Balaban J connectivity index is 2.26. The molecule has 1 aromatic rings. The molecule has 0 unspecified atom stereocenters. The summed E-state index contributed by atoms with van der Waals surface area (Å²) in [4.78, 5) is 27.2. The van der Waals surface area contributed by atoms with Crippen LogP contribution in [0.1, 0.15) is 13.8 Å². The van der Waals surface area contributed by atoms with Gasteiger partial charge < -0.3 is 15.4 Å². The first kappa shape index (κ1) is 14.2. The van der Waals surface area contributed by atoms with Crippen molar-refractivity contribution in [2.75, 3.05) is 30.8 Å². The number of carbonyl (C=O) groups excluding carboxylic acids is 2. The van der Waals surface area contributed by atoms with Gasteiger partial charge in [-0.15, -0.1) is 0 Å². The number of ether oxygens (including phenoxy) is 1. The van der Waals surface area contributed by atoms with Crippen molar-refractivity contribution in [1.82, 2.24) is 4.90 Å². The van der Waals surface area contributed by atoms with Crippen molar-refractivity contribution in [2.45, 2.75) is 19.9 Å². The fourth-order valence-electron chi connectivity index (χ4n) is 1.93. The third-order valence-corrected chi connectivity index (χ3v) is 3.39. The topological polar surface area (TPSA) is 75.9 Å². The fraction of sp³-hybridized carbons (Fsp3) is 0.429. The van der Waals surface area contributed by atoms with Gasteiger partial charge >= 0.3 is 0 Å². The molecule has 0 atom stereocenters. The number of hydrogen-bond donors (Lipinski definition) is 1. The van der Waals surface area contributed by atoms with E-state index in [0.717, 1.165) is 0 Å². The van der Waals surface area contributed by atoms with Crippen LogP contribution in [0.2, 0.25) is 0 Å². The Bertz CT molecular complexity index is 542. The Morgan fingerprint density at radius 1 is 1.50 bits per heavy atom. The van der Waals surface area contributed by atoms with E-state index < -0.39 is 0 Å². The molecule has 0 bridgehead atoms. The molecule has 1 aliphatic rings. The molecule has 1 heterocycles. The minimum atomic E-state index is -0.242. The number of fused-ring (bicyclic) bond motifs is 1. The van der Waals surface area contributed by atoms with Crippen molar-refractivity contribution < 1.29 is 14.3 Å². The second kappa shape index (κ2) is 5.40. The standard InChI is InChI=1S/C14H19N3O3/c1-9(2)16(3)13(18)7-17-11-6-10(15)4-5-12(11)20-8-14(17)19/h4-6,9H,7-8,15H2,1-3H3. The minimum Gasteiger partial charge on any atom is -0.482 e. The van der Waals surface area contributed by atoms with Gasteiger partial charge in [-0.25, -0.2) is 0 Å². The highest BCUT2D eigenvalue weighted by Crippen LogP contribution is 2.33. The zero-order chi connectivity index (χ0) is 14.9. The molecular formula is C14H19N3O3. The van der Waals surface area contributed by atoms with Crippen LogP contribution < -0.4 is 15.4 Å². The van der Waals surface area contributed by atoms with E-state index in [4.69, 9.17) is 10.5 Å². The van der Waals surface area contributed by atoms with Gasteiger partial charge in [-0.3, -0.25) is 14.5 Å². The molecule has 0 saturated heterocycles. The average Bonchev–Trinajstić information content (AvgIpc) is 2.41. The normalized spacial score (nSPS) is 14.0. The Morgan fingerprint density at radius 3 is 2.85 bits per heavy atom. The predicted molar refractivity (Wildman–Crippen MR) is 76.6 cm³/mol. The van der Waals surface area contributed by atoms with Crippen molar-refractivity contribution in [3.63, 3.8) is 0 Å². The summed E-state index contributed by atoms with van der Waals surface area (Å²) in [6.07, 6.45) is 0.